The van der Waals surface area contributed by atoms with Crippen LogP contribution < -0.4 is 10.1 Å². The predicted molar refractivity (Wildman–Crippen MR) is 103 cm³/mol. The fourth-order valence-electron chi connectivity index (χ4n) is 3.95. The Morgan fingerprint density at radius 1 is 1.15 bits per heavy atom. The molecule has 3 aliphatic rings. The minimum absolute atomic E-state index is 0.0141. The Balaban J connectivity index is 1.22. The number of rotatable bonds is 6. The lowest BCUT2D eigenvalue weighted by atomic mass is 9.98. The monoisotopic (exact) mass is 371 g/mol. The van der Waals surface area contributed by atoms with Crippen LogP contribution in [-0.4, -0.2) is 66.5 Å². The van der Waals surface area contributed by atoms with E-state index in [1.54, 1.807) is 6.92 Å². The van der Waals surface area contributed by atoms with Gasteiger partial charge in [0.2, 0.25) is 5.91 Å². The van der Waals surface area contributed by atoms with Gasteiger partial charge in [-0.2, -0.15) is 0 Å². The summed E-state index contributed by atoms with van der Waals surface area (Å²) in [5, 5.41) is 3.00. The zero-order chi connectivity index (χ0) is 18.8. The van der Waals surface area contributed by atoms with Gasteiger partial charge < -0.3 is 15.0 Å². The lowest BCUT2D eigenvalue weighted by molar-refractivity contribution is -0.131. The van der Waals surface area contributed by atoms with Crippen LogP contribution >= 0.6 is 0 Å². The third kappa shape index (κ3) is 4.61. The second-order valence-corrected chi connectivity index (χ2v) is 8.11. The van der Waals surface area contributed by atoms with Crippen LogP contribution in [0.25, 0.3) is 0 Å². The average Bonchev–Trinajstić information content (AvgIpc) is 3.47. The van der Waals surface area contributed by atoms with Crippen molar-refractivity contribution in [2.75, 3.05) is 32.7 Å². The molecule has 6 nitrogen and oxygen atoms in total. The largest absolute Gasteiger partial charge is 0.488 e. The van der Waals surface area contributed by atoms with Crippen LogP contribution in [0.1, 0.15) is 43.0 Å². The third-order valence-corrected chi connectivity index (χ3v) is 5.95. The molecule has 1 aromatic carbocycles. The van der Waals surface area contributed by atoms with Gasteiger partial charge in [-0.25, -0.2) is 0 Å². The Bertz CT molecular complexity index is 690. The molecular formula is C21H29N3O3. The summed E-state index contributed by atoms with van der Waals surface area (Å²) in [5.41, 5.74) is 0.668. The van der Waals surface area contributed by atoms with Gasteiger partial charge in [0, 0.05) is 51.3 Å². The van der Waals surface area contributed by atoms with Gasteiger partial charge in [0.25, 0.3) is 5.91 Å². The van der Waals surface area contributed by atoms with Gasteiger partial charge in [0.15, 0.2) is 0 Å². The van der Waals surface area contributed by atoms with Crippen molar-refractivity contribution in [1.29, 1.82) is 0 Å². The molecule has 146 valence electrons. The summed E-state index contributed by atoms with van der Waals surface area (Å²) < 4.78 is 6.07. The van der Waals surface area contributed by atoms with E-state index in [1.807, 2.05) is 29.2 Å². The number of carbonyl (C=O) groups excluding carboxylic acids is 2. The highest BCUT2D eigenvalue weighted by Gasteiger charge is 2.35. The summed E-state index contributed by atoms with van der Waals surface area (Å²) >= 11 is 0. The molecule has 3 fully saturated rings. The summed E-state index contributed by atoms with van der Waals surface area (Å²) in [5.74, 6) is 1.61. The Labute approximate surface area is 160 Å². The molecular weight excluding hydrogens is 342 g/mol. The van der Waals surface area contributed by atoms with Crippen LogP contribution in [0.2, 0.25) is 0 Å². The van der Waals surface area contributed by atoms with E-state index in [9.17, 15) is 9.59 Å². The highest BCUT2D eigenvalue weighted by Crippen LogP contribution is 2.28. The number of piperidine rings is 1. The van der Waals surface area contributed by atoms with E-state index >= 15 is 0 Å². The van der Waals surface area contributed by atoms with Crippen LogP contribution in [0.3, 0.4) is 0 Å². The van der Waals surface area contributed by atoms with Crippen molar-refractivity contribution in [2.24, 2.45) is 5.92 Å². The average molecular weight is 371 g/mol. The first-order valence-electron chi connectivity index (χ1n) is 10.1. The summed E-state index contributed by atoms with van der Waals surface area (Å²) in [6.45, 7) is 5.99. The first kappa shape index (κ1) is 18.3. The van der Waals surface area contributed by atoms with Crippen LogP contribution in [0.4, 0.5) is 0 Å². The Hall–Kier alpha value is -2.08. The molecule has 2 saturated heterocycles. The van der Waals surface area contributed by atoms with E-state index in [4.69, 9.17) is 4.74 Å². The Morgan fingerprint density at radius 2 is 1.89 bits per heavy atom. The van der Waals surface area contributed by atoms with E-state index in [0.29, 0.717) is 17.5 Å². The second-order valence-electron chi connectivity index (χ2n) is 8.11. The van der Waals surface area contributed by atoms with Crippen molar-refractivity contribution >= 4 is 11.8 Å². The SMILES string of the molecule is CC(=O)N1CCC(N2CC(Oc3cccc(C(=O)NCC4CC4)c3)C2)CC1. The maximum atomic E-state index is 12.2. The third-order valence-electron chi connectivity index (χ3n) is 5.95. The lowest BCUT2D eigenvalue weighted by Gasteiger charge is -2.46. The number of benzene rings is 1. The molecule has 0 radical (unpaired) electrons. The number of carbonyl (C=O) groups is 2. The topological polar surface area (TPSA) is 61.9 Å². The van der Waals surface area contributed by atoms with Crippen molar-refractivity contribution in [1.82, 2.24) is 15.1 Å². The summed E-state index contributed by atoms with van der Waals surface area (Å²) in [4.78, 5) is 28.0. The van der Waals surface area contributed by atoms with Gasteiger partial charge >= 0.3 is 0 Å². The number of amides is 2. The van der Waals surface area contributed by atoms with E-state index in [0.717, 1.165) is 51.3 Å². The standard InChI is InChI=1S/C21H29N3O3/c1-15(25)23-9-7-18(8-10-23)24-13-20(14-24)27-19-4-2-3-17(11-19)21(26)22-12-16-5-6-16/h2-4,11,16,18,20H,5-10,12-14H2,1H3,(H,22,26). The zero-order valence-electron chi connectivity index (χ0n) is 16.0. The van der Waals surface area contributed by atoms with Crippen molar-refractivity contribution in [3.05, 3.63) is 29.8 Å². The van der Waals surface area contributed by atoms with Crippen LogP contribution in [0, 0.1) is 5.92 Å². The fourth-order valence-corrected chi connectivity index (χ4v) is 3.95. The normalized spacial score (nSPS) is 21.6. The maximum absolute atomic E-state index is 12.2. The molecule has 0 aromatic heterocycles. The van der Waals surface area contributed by atoms with Crippen molar-refractivity contribution < 1.29 is 14.3 Å². The lowest BCUT2D eigenvalue weighted by Crippen LogP contribution is -2.59. The quantitative estimate of drug-likeness (QED) is 0.830. The van der Waals surface area contributed by atoms with Gasteiger partial charge in [-0.05, 0) is 49.8 Å². The van der Waals surface area contributed by atoms with Gasteiger partial charge in [-0.3, -0.25) is 14.5 Å². The first-order valence-corrected chi connectivity index (χ1v) is 10.1. The summed E-state index contributed by atoms with van der Waals surface area (Å²) in [7, 11) is 0. The molecule has 4 rings (SSSR count). The molecule has 2 amide bonds. The minimum atomic E-state index is -0.0141. The number of nitrogens with zero attached hydrogens (tertiary/aromatic N) is 2. The molecule has 0 atom stereocenters. The number of hydrogen-bond acceptors (Lipinski definition) is 4. The van der Waals surface area contributed by atoms with Gasteiger partial charge in [0.1, 0.15) is 11.9 Å². The molecule has 1 aromatic rings. The molecule has 6 heteroatoms. The van der Waals surface area contributed by atoms with Crippen LogP contribution in [0.15, 0.2) is 24.3 Å². The van der Waals surface area contributed by atoms with E-state index < -0.39 is 0 Å². The molecule has 0 unspecified atom stereocenters. The van der Waals surface area contributed by atoms with Crippen LogP contribution in [-0.2, 0) is 4.79 Å². The molecule has 1 aliphatic carbocycles. The van der Waals surface area contributed by atoms with Crippen LogP contribution in [0.5, 0.6) is 5.75 Å². The van der Waals surface area contributed by atoms with Gasteiger partial charge in [0.05, 0.1) is 0 Å². The summed E-state index contributed by atoms with van der Waals surface area (Å²) in [6, 6.07) is 8.04. The molecule has 2 heterocycles. The molecule has 0 bridgehead atoms. The van der Waals surface area contributed by atoms with Crippen molar-refractivity contribution in [2.45, 2.75) is 44.8 Å². The van der Waals surface area contributed by atoms with Crippen molar-refractivity contribution in [3.63, 3.8) is 0 Å². The first-order chi connectivity index (χ1) is 13.1. The number of ether oxygens (including phenoxy) is 1. The Morgan fingerprint density at radius 3 is 2.56 bits per heavy atom. The molecule has 2 aliphatic heterocycles. The number of likely N-dealkylation sites (tertiary alicyclic amines) is 2. The van der Waals surface area contributed by atoms with E-state index in [2.05, 4.69) is 10.2 Å². The fraction of sp³-hybridized carbons (Fsp3) is 0.619. The van der Waals surface area contributed by atoms with Gasteiger partial charge in [-0.15, -0.1) is 0 Å². The number of hydrogen-bond donors (Lipinski definition) is 1. The maximum Gasteiger partial charge on any atom is 0.251 e. The molecule has 1 saturated carbocycles. The van der Waals surface area contributed by atoms with E-state index in [-0.39, 0.29) is 17.9 Å². The molecule has 0 spiro atoms. The zero-order valence-corrected chi connectivity index (χ0v) is 16.0. The Kier molecular flexibility index (Phi) is 5.34. The predicted octanol–water partition coefficient (Wildman–Crippen LogP) is 1.90. The van der Waals surface area contributed by atoms with Crippen molar-refractivity contribution in [3.8, 4) is 5.75 Å². The smallest absolute Gasteiger partial charge is 0.251 e. The van der Waals surface area contributed by atoms with Gasteiger partial charge in [-0.1, -0.05) is 6.07 Å². The minimum Gasteiger partial charge on any atom is -0.488 e. The highest BCUT2D eigenvalue weighted by molar-refractivity contribution is 5.94. The second kappa shape index (κ2) is 7.89. The number of nitrogens with one attached hydrogen (secondary N) is 1. The highest BCUT2D eigenvalue weighted by atomic mass is 16.5. The molecule has 1 N–H and O–H groups in total. The molecule has 27 heavy (non-hydrogen) atoms. The van der Waals surface area contributed by atoms with E-state index in [1.165, 1.54) is 12.8 Å². The summed E-state index contributed by atoms with van der Waals surface area (Å²) in [6.07, 6.45) is 4.73.